The van der Waals surface area contributed by atoms with Gasteiger partial charge in [0.2, 0.25) is 5.91 Å². The normalized spacial score (nSPS) is 20.5. The number of carbonyl (C=O) groups excluding carboxylic acids is 3. The number of fused-ring (bicyclic) bond motifs is 1. The van der Waals surface area contributed by atoms with Crippen molar-refractivity contribution in [2.24, 2.45) is 11.3 Å². The van der Waals surface area contributed by atoms with Crippen LogP contribution >= 0.6 is 11.6 Å². The molecule has 4 amide bonds. The van der Waals surface area contributed by atoms with E-state index in [1.54, 1.807) is 38.1 Å². The molecule has 6 N–H and O–H groups in total. The zero-order chi connectivity index (χ0) is 46.0. The van der Waals surface area contributed by atoms with Crippen molar-refractivity contribution < 1.29 is 32.7 Å². The molecule has 0 bridgehead atoms. The maximum Gasteiger partial charge on any atom is 0.416 e. The first-order valence-corrected chi connectivity index (χ1v) is 23.3. The minimum absolute atomic E-state index is 0.0433. The molecule has 17 heteroatoms. The highest BCUT2D eigenvalue weighted by Gasteiger charge is 2.39. The van der Waals surface area contributed by atoms with Crippen molar-refractivity contribution in [3.8, 4) is 0 Å². The number of urea groups is 1. The average Bonchev–Trinajstić information content (AvgIpc) is 3.27. The third kappa shape index (κ3) is 10.9. The van der Waals surface area contributed by atoms with Gasteiger partial charge in [-0.1, -0.05) is 17.7 Å². The molecule has 4 fully saturated rings. The summed E-state index contributed by atoms with van der Waals surface area (Å²) in [7, 11) is 0. The Morgan fingerprint density at radius 1 is 0.954 bits per heavy atom. The number of halogens is 4. The molecular weight excluding hydrogens is 859 g/mol. The smallest absolute Gasteiger partial charge is 0.399 e. The van der Waals surface area contributed by atoms with Crippen LogP contribution in [0.5, 0.6) is 0 Å². The van der Waals surface area contributed by atoms with Crippen LogP contribution in [-0.4, -0.2) is 94.8 Å². The predicted octanol–water partition coefficient (Wildman–Crippen LogP) is 8.40. The van der Waals surface area contributed by atoms with Gasteiger partial charge in [0.15, 0.2) is 0 Å². The third-order valence-corrected chi connectivity index (χ3v) is 14.5. The zero-order valence-electron chi connectivity index (χ0n) is 37.0. The SMILES string of the molecule is Cc1nc(N[C@H](C)c2cc(N)cc(C(F)(F)F)c2)c2cc(C3CCN(CC(=O)NCCC4CCC5(CC4)CCN(C(=O)c4ccc(Cl)c(N6CCC(O)NC6=O)c4)CC5)CC3)ccc2n1. The number of rotatable bonds is 11. The van der Waals surface area contributed by atoms with Gasteiger partial charge in [0.05, 0.1) is 34.4 Å². The number of piperidine rings is 2. The molecule has 1 aromatic heterocycles. The predicted molar refractivity (Wildman–Crippen MR) is 246 cm³/mol. The molecule has 3 aliphatic heterocycles. The number of likely N-dealkylation sites (tertiary alicyclic amines) is 2. The fourth-order valence-corrected chi connectivity index (χ4v) is 10.5. The molecule has 0 radical (unpaired) electrons. The number of anilines is 3. The molecule has 1 saturated carbocycles. The number of aliphatic hydroxyl groups is 1. The molecule has 3 aromatic carbocycles. The van der Waals surface area contributed by atoms with Crippen molar-refractivity contribution >= 4 is 57.5 Å². The molecule has 13 nitrogen and oxygen atoms in total. The fourth-order valence-electron chi connectivity index (χ4n) is 10.3. The van der Waals surface area contributed by atoms with Crippen LogP contribution in [-0.2, 0) is 11.0 Å². The van der Waals surface area contributed by atoms with E-state index in [-0.39, 0.29) is 28.8 Å². The van der Waals surface area contributed by atoms with E-state index in [1.165, 1.54) is 4.90 Å². The second-order valence-electron chi connectivity index (χ2n) is 18.6. The van der Waals surface area contributed by atoms with Crippen LogP contribution in [0.4, 0.5) is 35.2 Å². The number of nitrogens with two attached hydrogens (primary N) is 1. The van der Waals surface area contributed by atoms with E-state index in [0.717, 1.165) is 99.5 Å². The highest BCUT2D eigenvalue weighted by molar-refractivity contribution is 6.34. The Balaban J connectivity index is 0.760. The number of hydrogen-bond acceptors (Lipinski definition) is 9. The maximum atomic E-state index is 13.6. The molecule has 348 valence electrons. The summed E-state index contributed by atoms with van der Waals surface area (Å²) in [5.74, 6) is 1.92. The van der Waals surface area contributed by atoms with Gasteiger partial charge in [0.1, 0.15) is 17.9 Å². The zero-order valence-corrected chi connectivity index (χ0v) is 37.8. The van der Waals surface area contributed by atoms with Gasteiger partial charge in [0.25, 0.3) is 5.91 Å². The molecular formula is C48H59ClF3N9O4. The lowest BCUT2D eigenvalue weighted by Gasteiger charge is -2.46. The highest BCUT2D eigenvalue weighted by atomic mass is 35.5. The number of carbonyl (C=O) groups is 3. The van der Waals surface area contributed by atoms with E-state index in [9.17, 15) is 32.7 Å². The van der Waals surface area contributed by atoms with Gasteiger partial charge >= 0.3 is 12.2 Å². The number of amides is 4. The first-order valence-electron chi connectivity index (χ1n) is 22.9. The topological polar surface area (TPSA) is 169 Å². The number of nitrogens with one attached hydrogen (secondary N) is 3. The molecule has 8 rings (SSSR count). The van der Waals surface area contributed by atoms with Gasteiger partial charge in [-0.2, -0.15) is 13.2 Å². The Hall–Kier alpha value is -5.19. The first-order chi connectivity index (χ1) is 31.0. The summed E-state index contributed by atoms with van der Waals surface area (Å²) in [5, 5.41) is 19.9. The number of nitrogens with zero attached hydrogens (tertiary/aromatic N) is 5. The van der Waals surface area contributed by atoms with Crippen molar-refractivity contribution in [1.29, 1.82) is 0 Å². The number of aryl methyl sites for hydroxylation is 1. The minimum atomic E-state index is -4.51. The van der Waals surface area contributed by atoms with Crippen molar-refractivity contribution in [3.63, 3.8) is 0 Å². The molecule has 1 unspecified atom stereocenters. The van der Waals surface area contributed by atoms with Crippen LogP contribution in [0.2, 0.25) is 5.02 Å². The molecule has 4 aromatic rings. The second kappa shape index (κ2) is 19.3. The number of aromatic nitrogens is 2. The summed E-state index contributed by atoms with van der Waals surface area (Å²) < 4.78 is 40.6. The standard InChI is InChI=1S/C48H59ClF3N9O4/c1-29(35-23-36(48(50,51)52)27-37(53)24-35)55-44-38-25-33(4-6-40(38)56-30(2)57-44)32-10-18-59(19-11-32)28-43(63)54-17-9-31-7-13-47(14-8-31)15-21-60(22-16-47)45(64)34-3-5-39(49)41(26-34)61-20-12-42(62)58-46(61)65/h3-6,23-27,29,31-32,42,62H,7-22,28,53H2,1-2H3,(H,54,63)(H,58,65)(H,55,56,57)/t29-,42?/m1/s1. The van der Waals surface area contributed by atoms with E-state index in [1.807, 2.05) is 11.0 Å². The van der Waals surface area contributed by atoms with E-state index in [4.69, 9.17) is 17.3 Å². The lowest BCUT2D eigenvalue weighted by Crippen LogP contribution is -2.52. The summed E-state index contributed by atoms with van der Waals surface area (Å²) in [6.45, 7) is 7.85. The first kappa shape index (κ1) is 46.3. The van der Waals surface area contributed by atoms with E-state index in [0.29, 0.717) is 78.5 Å². The lowest BCUT2D eigenvalue weighted by atomic mass is 9.65. The van der Waals surface area contributed by atoms with Crippen LogP contribution in [0.1, 0.15) is 116 Å². The summed E-state index contributed by atoms with van der Waals surface area (Å²) >= 11 is 6.44. The number of benzene rings is 3. The highest BCUT2D eigenvalue weighted by Crippen LogP contribution is 2.47. The Labute approximate surface area is 382 Å². The van der Waals surface area contributed by atoms with Crippen molar-refractivity contribution in [2.45, 2.75) is 102 Å². The summed E-state index contributed by atoms with van der Waals surface area (Å²) in [4.78, 5) is 54.0. The average molecular weight is 919 g/mol. The molecule has 1 aliphatic carbocycles. The summed E-state index contributed by atoms with van der Waals surface area (Å²) in [6, 6.07) is 13.8. The maximum absolute atomic E-state index is 13.6. The Morgan fingerprint density at radius 2 is 1.69 bits per heavy atom. The molecule has 65 heavy (non-hydrogen) atoms. The Morgan fingerprint density at radius 3 is 2.40 bits per heavy atom. The van der Waals surface area contributed by atoms with Crippen LogP contribution in [0.3, 0.4) is 0 Å². The number of aliphatic hydroxyl groups excluding tert-OH is 1. The quantitative estimate of drug-likeness (QED) is 0.0928. The lowest BCUT2D eigenvalue weighted by molar-refractivity contribution is -0.137. The molecule has 2 atom stereocenters. The fraction of sp³-hybridized carbons (Fsp3) is 0.521. The number of hydrogen-bond donors (Lipinski definition) is 5. The Bertz CT molecular complexity index is 2390. The van der Waals surface area contributed by atoms with Gasteiger partial charge in [-0.3, -0.25) is 19.4 Å². The van der Waals surface area contributed by atoms with E-state index < -0.39 is 30.0 Å². The van der Waals surface area contributed by atoms with Crippen molar-refractivity contribution in [2.75, 3.05) is 61.8 Å². The molecule has 1 spiro atoms. The van der Waals surface area contributed by atoms with Gasteiger partial charge in [0, 0.05) is 49.2 Å². The van der Waals surface area contributed by atoms with Crippen molar-refractivity contribution in [3.05, 3.63) is 87.7 Å². The van der Waals surface area contributed by atoms with E-state index in [2.05, 4.69) is 43.0 Å². The van der Waals surface area contributed by atoms with Crippen LogP contribution in [0.25, 0.3) is 10.9 Å². The monoisotopic (exact) mass is 917 g/mol. The van der Waals surface area contributed by atoms with Gasteiger partial charge in [-0.05, 0) is 162 Å². The Kier molecular flexibility index (Phi) is 13.8. The molecule has 4 aliphatic rings. The van der Waals surface area contributed by atoms with Crippen molar-refractivity contribution in [1.82, 2.24) is 30.4 Å². The summed E-state index contributed by atoms with van der Waals surface area (Å²) in [5.41, 5.74) is 8.59. The summed E-state index contributed by atoms with van der Waals surface area (Å²) in [6.07, 6.45) is 4.09. The number of nitrogen functional groups attached to an aromatic ring is 1. The second-order valence-corrected chi connectivity index (χ2v) is 19.1. The van der Waals surface area contributed by atoms with Gasteiger partial charge in [-0.15, -0.1) is 0 Å². The molecule has 4 heterocycles. The number of alkyl halides is 3. The van der Waals surface area contributed by atoms with Gasteiger partial charge < -0.3 is 31.7 Å². The van der Waals surface area contributed by atoms with E-state index >= 15 is 0 Å². The minimum Gasteiger partial charge on any atom is -0.399 e. The largest absolute Gasteiger partial charge is 0.416 e. The van der Waals surface area contributed by atoms with Crippen LogP contribution in [0, 0.1) is 18.3 Å². The third-order valence-electron chi connectivity index (χ3n) is 14.2. The molecule has 3 saturated heterocycles. The van der Waals surface area contributed by atoms with Gasteiger partial charge in [-0.25, -0.2) is 14.8 Å². The van der Waals surface area contributed by atoms with Crippen LogP contribution in [0.15, 0.2) is 54.6 Å². The van der Waals surface area contributed by atoms with Crippen LogP contribution < -0.4 is 26.6 Å².